The molecule has 1 aromatic heterocycles. The molecule has 2 aromatic rings. The van der Waals surface area contributed by atoms with Crippen molar-refractivity contribution >= 4 is 11.9 Å². The van der Waals surface area contributed by atoms with Gasteiger partial charge < -0.3 is 20.7 Å². The lowest BCUT2D eigenvalue weighted by atomic mass is 10.2. The van der Waals surface area contributed by atoms with Gasteiger partial charge in [0.25, 0.3) is 5.91 Å². The van der Waals surface area contributed by atoms with Crippen LogP contribution in [-0.4, -0.2) is 44.1 Å². The summed E-state index contributed by atoms with van der Waals surface area (Å²) in [7, 11) is 3.35. The number of pyridine rings is 1. The van der Waals surface area contributed by atoms with E-state index < -0.39 is 0 Å². The second kappa shape index (κ2) is 9.92. The van der Waals surface area contributed by atoms with Crippen molar-refractivity contribution in [3.8, 4) is 5.75 Å². The summed E-state index contributed by atoms with van der Waals surface area (Å²) in [5, 5.41) is 9.20. The van der Waals surface area contributed by atoms with E-state index >= 15 is 0 Å². The van der Waals surface area contributed by atoms with E-state index in [1.54, 1.807) is 32.5 Å². The SMILES string of the molecule is CN=C(NCCNC(=O)c1cccnc1)NCc1ccc(OC)cc1. The summed E-state index contributed by atoms with van der Waals surface area (Å²) in [5.74, 6) is 1.36. The lowest BCUT2D eigenvalue weighted by molar-refractivity contribution is 0.0954. The molecule has 0 spiro atoms. The van der Waals surface area contributed by atoms with Crippen molar-refractivity contribution in [2.75, 3.05) is 27.2 Å². The zero-order valence-electron chi connectivity index (χ0n) is 14.5. The second-order valence-corrected chi connectivity index (χ2v) is 5.20. The summed E-state index contributed by atoms with van der Waals surface area (Å²) >= 11 is 0. The van der Waals surface area contributed by atoms with Crippen molar-refractivity contribution in [2.24, 2.45) is 4.99 Å². The third kappa shape index (κ3) is 6.14. The molecular formula is C18H23N5O2. The topological polar surface area (TPSA) is 87.6 Å². The summed E-state index contributed by atoms with van der Waals surface area (Å²) < 4.78 is 5.14. The van der Waals surface area contributed by atoms with Gasteiger partial charge in [-0.15, -0.1) is 0 Å². The Morgan fingerprint density at radius 2 is 1.88 bits per heavy atom. The molecule has 3 N–H and O–H groups in total. The van der Waals surface area contributed by atoms with Crippen LogP contribution in [0.25, 0.3) is 0 Å². The van der Waals surface area contributed by atoms with E-state index in [0.717, 1.165) is 11.3 Å². The highest BCUT2D eigenvalue weighted by molar-refractivity contribution is 5.93. The first-order valence-corrected chi connectivity index (χ1v) is 7.98. The molecule has 0 aliphatic rings. The van der Waals surface area contributed by atoms with Gasteiger partial charge >= 0.3 is 0 Å². The molecule has 25 heavy (non-hydrogen) atoms. The number of hydrogen-bond acceptors (Lipinski definition) is 4. The lowest BCUT2D eigenvalue weighted by Crippen LogP contribution is -2.41. The van der Waals surface area contributed by atoms with Crippen LogP contribution in [0.4, 0.5) is 0 Å². The average molecular weight is 341 g/mol. The number of hydrogen-bond donors (Lipinski definition) is 3. The van der Waals surface area contributed by atoms with Crippen LogP contribution in [0.5, 0.6) is 5.75 Å². The number of aromatic nitrogens is 1. The van der Waals surface area contributed by atoms with Gasteiger partial charge in [0.05, 0.1) is 12.7 Å². The molecule has 0 aliphatic heterocycles. The van der Waals surface area contributed by atoms with Crippen LogP contribution < -0.4 is 20.7 Å². The summed E-state index contributed by atoms with van der Waals surface area (Å²) in [6.45, 7) is 1.69. The van der Waals surface area contributed by atoms with Crippen molar-refractivity contribution in [2.45, 2.75) is 6.54 Å². The number of amides is 1. The Morgan fingerprint density at radius 3 is 2.52 bits per heavy atom. The molecule has 0 fully saturated rings. The number of methoxy groups -OCH3 is 1. The highest BCUT2D eigenvalue weighted by atomic mass is 16.5. The smallest absolute Gasteiger partial charge is 0.252 e. The zero-order chi connectivity index (χ0) is 17.9. The van der Waals surface area contributed by atoms with E-state index in [2.05, 4.69) is 25.9 Å². The molecule has 2 rings (SSSR count). The standard InChI is InChI=1S/C18H23N5O2/c1-19-18(23-12-14-5-7-16(25-2)8-6-14)22-11-10-21-17(24)15-4-3-9-20-13-15/h3-9,13H,10-12H2,1-2H3,(H,21,24)(H2,19,22,23). The maximum atomic E-state index is 11.9. The van der Waals surface area contributed by atoms with Crippen molar-refractivity contribution in [1.82, 2.24) is 20.9 Å². The van der Waals surface area contributed by atoms with E-state index in [4.69, 9.17) is 4.74 Å². The first kappa shape index (κ1) is 18.3. The Kier molecular flexibility index (Phi) is 7.24. The second-order valence-electron chi connectivity index (χ2n) is 5.20. The van der Waals surface area contributed by atoms with Gasteiger partial charge in [0.15, 0.2) is 5.96 Å². The maximum absolute atomic E-state index is 11.9. The van der Waals surface area contributed by atoms with Crippen LogP contribution >= 0.6 is 0 Å². The van der Waals surface area contributed by atoms with Crippen molar-refractivity contribution < 1.29 is 9.53 Å². The van der Waals surface area contributed by atoms with Gasteiger partial charge in [-0.1, -0.05) is 12.1 Å². The number of nitrogens with one attached hydrogen (secondary N) is 3. The summed E-state index contributed by atoms with van der Waals surface area (Å²) in [4.78, 5) is 20.0. The van der Waals surface area contributed by atoms with E-state index in [9.17, 15) is 4.79 Å². The molecule has 0 aliphatic carbocycles. The van der Waals surface area contributed by atoms with E-state index in [1.807, 2.05) is 24.3 Å². The number of aliphatic imine (C=N–C) groups is 1. The molecule has 0 saturated heterocycles. The minimum Gasteiger partial charge on any atom is -0.497 e. The minimum atomic E-state index is -0.143. The molecule has 0 unspecified atom stereocenters. The van der Waals surface area contributed by atoms with Gasteiger partial charge in [-0.05, 0) is 29.8 Å². The molecule has 132 valence electrons. The van der Waals surface area contributed by atoms with E-state index in [-0.39, 0.29) is 5.91 Å². The largest absolute Gasteiger partial charge is 0.497 e. The van der Waals surface area contributed by atoms with Crippen LogP contribution in [0.2, 0.25) is 0 Å². The maximum Gasteiger partial charge on any atom is 0.252 e. The van der Waals surface area contributed by atoms with Crippen molar-refractivity contribution in [1.29, 1.82) is 0 Å². The van der Waals surface area contributed by atoms with Gasteiger partial charge in [0, 0.05) is 39.1 Å². The van der Waals surface area contributed by atoms with Crippen LogP contribution in [0, 0.1) is 0 Å². The fourth-order valence-electron chi connectivity index (χ4n) is 2.11. The van der Waals surface area contributed by atoms with Crippen molar-refractivity contribution in [3.05, 3.63) is 59.9 Å². The minimum absolute atomic E-state index is 0.143. The number of benzene rings is 1. The number of ether oxygens (including phenoxy) is 1. The molecule has 7 nitrogen and oxygen atoms in total. The number of carbonyl (C=O) groups is 1. The highest BCUT2D eigenvalue weighted by Crippen LogP contribution is 2.10. The van der Waals surface area contributed by atoms with Gasteiger partial charge in [0.1, 0.15) is 5.75 Å². The van der Waals surface area contributed by atoms with E-state index in [0.29, 0.717) is 31.2 Å². The Morgan fingerprint density at radius 1 is 1.12 bits per heavy atom. The molecule has 1 aromatic carbocycles. The number of carbonyl (C=O) groups excluding carboxylic acids is 1. The predicted molar refractivity (Wildman–Crippen MR) is 97.8 cm³/mol. The normalized spacial score (nSPS) is 10.9. The van der Waals surface area contributed by atoms with Crippen LogP contribution in [0.1, 0.15) is 15.9 Å². The zero-order valence-corrected chi connectivity index (χ0v) is 14.5. The average Bonchev–Trinajstić information content (AvgIpc) is 2.68. The molecule has 7 heteroatoms. The molecule has 0 bridgehead atoms. The predicted octanol–water partition coefficient (Wildman–Crippen LogP) is 1.19. The highest BCUT2D eigenvalue weighted by Gasteiger charge is 2.04. The molecular weight excluding hydrogens is 318 g/mol. The van der Waals surface area contributed by atoms with Crippen molar-refractivity contribution in [3.63, 3.8) is 0 Å². The van der Waals surface area contributed by atoms with Crippen LogP contribution in [-0.2, 0) is 6.54 Å². The Hall–Kier alpha value is -3.09. The Labute approximate surface area is 147 Å². The molecule has 1 heterocycles. The Balaban J connectivity index is 1.68. The van der Waals surface area contributed by atoms with Crippen LogP contribution in [0.3, 0.4) is 0 Å². The van der Waals surface area contributed by atoms with E-state index in [1.165, 1.54) is 6.20 Å². The summed E-state index contributed by atoms with van der Waals surface area (Å²) in [6, 6.07) is 11.3. The number of guanidine groups is 1. The molecule has 0 saturated carbocycles. The number of nitrogens with zero attached hydrogens (tertiary/aromatic N) is 2. The monoisotopic (exact) mass is 341 g/mol. The quantitative estimate of drug-likeness (QED) is 0.400. The third-order valence-corrected chi connectivity index (χ3v) is 3.47. The lowest BCUT2D eigenvalue weighted by Gasteiger charge is -2.12. The fourth-order valence-corrected chi connectivity index (χ4v) is 2.11. The van der Waals surface area contributed by atoms with Crippen LogP contribution in [0.15, 0.2) is 53.8 Å². The molecule has 0 atom stereocenters. The fraction of sp³-hybridized carbons (Fsp3) is 0.278. The number of rotatable bonds is 7. The van der Waals surface area contributed by atoms with Gasteiger partial charge in [-0.2, -0.15) is 0 Å². The Bertz CT molecular complexity index is 686. The van der Waals surface area contributed by atoms with Gasteiger partial charge in [-0.3, -0.25) is 14.8 Å². The van der Waals surface area contributed by atoms with Gasteiger partial charge in [0.2, 0.25) is 0 Å². The summed E-state index contributed by atoms with van der Waals surface area (Å²) in [6.07, 6.45) is 3.18. The van der Waals surface area contributed by atoms with Gasteiger partial charge in [-0.25, -0.2) is 0 Å². The summed E-state index contributed by atoms with van der Waals surface area (Å²) in [5.41, 5.74) is 1.66. The first-order chi connectivity index (χ1) is 12.2. The molecule has 0 radical (unpaired) electrons. The molecule has 1 amide bonds. The third-order valence-electron chi connectivity index (χ3n) is 3.47. The first-order valence-electron chi connectivity index (χ1n) is 7.98.